The highest BCUT2D eigenvalue weighted by Gasteiger charge is 2.19. The third-order valence-electron chi connectivity index (χ3n) is 5.16. The van der Waals surface area contributed by atoms with Crippen molar-refractivity contribution in [1.29, 1.82) is 0 Å². The second kappa shape index (κ2) is 10.1. The van der Waals surface area contributed by atoms with Gasteiger partial charge in [0.2, 0.25) is 0 Å². The van der Waals surface area contributed by atoms with Gasteiger partial charge in [0.05, 0.1) is 0 Å². The number of thiophene rings is 2. The first kappa shape index (κ1) is 21.6. The van der Waals surface area contributed by atoms with Crippen molar-refractivity contribution < 1.29 is 0 Å². The van der Waals surface area contributed by atoms with E-state index in [1.165, 1.54) is 40.6 Å². The standard InChI is InChI=1S/C20H15PS.C8H5BrS/c1-3-9-16(10-4-1)21(17-11-5-2-6-12-17)19-15-22-20-14-8-7-13-18(19)20;9-7-5-10-8-4-2-1-3-6(7)8/h1-15H;1-5H. The van der Waals surface area contributed by atoms with Gasteiger partial charge >= 0.3 is 0 Å². The average molecular weight is 531 g/mol. The van der Waals surface area contributed by atoms with Crippen LogP contribution in [0.4, 0.5) is 0 Å². The van der Waals surface area contributed by atoms with Gasteiger partial charge in [0, 0.05) is 40.7 Å². The summed E-state index contributed by atoms with van der Waals surface area (Å²) in [7, 11) is -0.498. The summed E-state index contributed by atoms with van der Waals surface area (Å²) < 4.78 is 3.92. The first-order valence-corrected chi connectivity index (χ1v) is 14.2. The van der Waals surface area contributed by atoms with Crippen molar-refractivity contribution in [3.05, 3.63) is 124 Å². The Balaban J connectivity index is 0.000000180. The zero-order valence-corrected chi connectivity index (χ0v) is 21.3. The van der Waals surface area contributed by atoms with Gasteiger partial charge in [0.1, 0.15) is 0 Å². The molecule has 0 bridgehead atoms. The maximum Gasteiger partial charge on any atom is 0.0361 e. The minimum atomic E-state index is -0.498. The maximum absolute atomic E-state index is 3.48. The van der Waals surface area contributed by atoms with E-state index in [4.69, 9.17) is 0 Å². The molecule has 156 valence electrons. The molecule has 0 saturated heterocycles. The highest BCUT2D eigenvalue weighted by Crippen LogP contribution is 2.37. The average Bonchev–Trinajstić information content (AvgIpc) is 3.45. The molecule has 6 aromatic rings. The predicted octanol–water partition coefficient (Wildman–Crippen LogP) is 8.32. The van der Waals surface area contributed by atoms with Gasteiger partial charge in [-0.15, -0.1) is 22.7 Å². The summed E-state index contributed by atoms with van der Waals surface area (Å²) in [5.74, 6) is 0. The van der Waals surface area contributed by atoms with E-state index < -0.39 is 7.92 Å². The van der Waals surface area contributed by atoms with E-state index in [0.717, 1.165) is 0 Å². The topological polar surface area (TPSA) is 0 Å². The van der Waals surface area contributed by atoms with Crippen LogP contribution in [0.15, 0.2) is 124 Å². The molecule has 0 atom stereocenters. The molecular formula is C28H20BrPS2. The van der Waals surface area contributed by atoms with Crippen LogP contribution in [0.3, 0.4) is 0 Å². The number of halogens is 1. The van der Waals surface area contributed by atoms with Crippen LogP contribution in [-0.2, 0) is 0 Å². The highest BCUT2D eigenvalue weighted by molar-refractivity contribution is 9.10. The highest BCUT2D eigenvalue weighted by atomic mass is 79.9. The van der Waals surface area contributed by atoms with Gasteiger partial charge in [-0.1, -0.05) is 97.1 Å². The minimum Gasteiger partial charge on any atom is -0.143 e. The Labute approximate surface area is 206 Å². The predicted molar refractivity (Wildman–Crippen MR) is 150 cm³/mol. The fraction of sp³-hybridized carbons (Fsp3) is 0. The zero-order chi connectivity index (χ0) is 21.8. The van der Waals surface area contributed by atoms with Gasteiger partial charge < -0.3 is 0 Å². The molecule has 0 spiro atoms. The van der Waals surface area contributed by atoms with Crippen LogP contribution in [0.5, 0.6) is 0 Å². The largest absolute Gasteiger partial charge is 0.143 e. The molecule has 0 aliphatic heterocycles. The summed E-state index contributed by atoms with van der Waals surface area (Å²) in [5, 5.41) is 11.5. The molecule has 2 aromatic heterocycles. The Morgan fingerprint density at radius 3 is 1.56 bits per heavy atom. The Morgan fingerprint density at radius 2 is 0.969 bits per heavy atom. The van der Waals surface area contributed by atoms with E-state index in [1.807, 2.05) is 11.3 Å². The summed E-state index contributed by atoms with van der Waals surface area (Å²) >= 11 is 7.09. The molecule has 0 amide bonds. The Bertz CT molecular complexity index is 1400. The number of fused-ring (bicyclic) bond motifs is 2. The summed E-state index contributed by atoms with van der Waals surface area (Å²) in [5.41, 5.74) is 0. The van der Waals surface area contributed by atoms with E-state index in [2.05, 4.69) is 136 Å². The van der Waals surface area contributed by atoms with Gasteiger partial charge in [-0.3, -0.25) is 0 Å². The molecule has 0 fully saturated rings. The zero-order valence-electron chi connectivity index (χ0n) is 17.2. The van der Waals surface area contributed by atoms with Crippen molar-refractivity contribution in [3.8, 4) is 0 Å². The molecule has 0 aliphatic rings. The Kier molecular flexibility index (Phi) is 6.80. The van der Waals surface area contributed by atoms with Gasteiger partial charge in [-0.2, -0.15) is 0 Å². The SMILES string of the molecule is Brc1csc2ccccc12.c1ccc(P(c2ccccc2)c2csc3ccccc23)cc1. The molecular weight excluding hydrogens is 511 g/mol. The Morgan fingerprint density at radius 1 is 0.500 bits per heavy atom. The quantitative estimate of drug-likeness (QED) is 0.202. The van der Waals surface area contributed by atoms with E-state index in [0.29, 0.717) is 0 Å². The lowest BCUT2D eigenvalue weighted by Crippen LogP contribution is -2.19. The monoisotopic (exact) mass is 530 g/mol. The molecule has 0 nitrogen and oxygen atoms in total. The van der Waals surface area contributed by atoms with Gasteiger partial charge in [0.25, 0.3) is 0 Å². The normalized spacial score (nSPS) is 10.9. The summed E-state index contributed by atoms with van der Waals surface area (Å²) in [6.07, 6.45) is 0. The van der Waals surface area contributed by atoms with Crippen molar-refractivity contribution in [3.63, 3.8) is 0 Å². The molecule has 4 aromatic carbocycles. The lowest BCUT2D eigenvalue weighted by atomic mass is 10.3. The van der Waals surface area contributed by atoms with Crippen molar-refractivity contribution in [1.82, 2.24) is 0 Å². The smallest absolute Gasteiger partial charge is 0.0361 e. The van der Waals surface area contributed by atoms with Crippen molar-refractivity contribution in [2.75, 3.05) is 0 Å². The third-order valence-corrected chi connectivity index (χ3v) is 10.7. The number of benzene rings is 4. The third kappa shape index (κ3) is 4.58. The van der Waals surface area contributed by atoms with Gasteiger partial charge in [-0.05, 0) is 46.6 Å². The van der Waals surface area contributed by atoms with Crippen LogP contribution in [0, 0.1) is 0 Å². The second-order valence-corrected chi connectivity index (χ2v) is 12.1. The Hall–Kier alpha value is -2.29. The van der Waals surface area contributed by atoms with Crippen LogP contribution in [-0.4, -0.2) is 0 Å². The van der Waals surface area contributed by atoms with Crippen molar-refractivity contribution in [2.45, 2.75) is 0 Å². The fourth-order valence-corrected chi connectivity index (χ4v) is 8.95. The van der Waals surface area contributed by atoms with Gasteiger partial charge in [-0.25, -0.2) is 0 Å². The molecule has 0 unspecified atom stereocenters. The molecule has 0 N–H and O–H groups in total. The summed E-state index contributed by atoms with van der Waals surface area (Å²) in [4.78, 5) is 0. The first-order valence-electron chi connectivity index (χ1n) is 10.3. The molecule has 2 heterocycles. The van der Waals surface area contributed by atoms with Crippen LogP contribution >= 0.6 is 46.5 Å². The molecule has 4 heteroatoms. The van der Waals surface area contributed by atoms with Crippen LogP contribution in [0.2, 0.25) is 0 Å². The maximum atomic E-state index is 3.48. The number of hydrogen-bond donors (Lipinski definition) is 0. The summed E-state index contributed by atoms with van der Waals surface area (Å²) in [6, 6.07) is 38.9. The molecule has 6 rings (SSSR count). The van der Waals surface area contributed by atoms with E-state index in [-0.39, 0.29) is 0 Å². The molecule has 0 saturated carbocycles. The van der Waals surface area contributed by atoms with Gasteiger partial charge in [0.15, 0.2) is 0 Å². The molecule has 0 aliphatic carbocycles. The van der Waals surface area contributed by atoms with Crippen LogP contribution in [0.1, 0.15) is 0 Å². The van der Waals surface area contributed by atoms with E-state index in [9.17, 15) is 0 Å². The molecule has 0 radical (unpaired) electrons. The van der Waals surface area contributed by atoms with Crippen molar-refractivity contribution >= 4 is 82.6 Å². The lowest BCUT2D eigenvalue weighted by Gasteiger charge is -2.18. The lowest BCUT2D eigenvalue weighted by molar-refractivity contribution is 1.75. The van der Waals surface area contributed by atoms with Crippen molar-refractivity contribution in [2.24, 2.45) is 0 Å². The fourth-order valence-electron chi connectivity index (χ4n) is 3.66. The number of rotatable bonds is 3. The van der Waals surface area contributed by atoms with E-state index in [1.54, 1.807) is 11.3 Å². The molecule has 32 heavy (non-hydrogen) atoms. The minimum absolute atomic E-state index is 0.498. The van der Waals surface area contributed by atoms with Crippen LogP contribution in [0.25, 0.3) is 20.2 Å². The van der Waals surface area contributed by atoms with E-state index >= 15 is 0 Å². The first-order chi connectivity index (χ1) is 15.8. The summed E-state index contributed by atoms with van der Waals surface area (Å²) in [6.45, 7) is 0. The van der Waals surface area contributed by atoms with Crippen LogP contribution < -0.4 is 15.9 Å². The second-order valence-electron chi connectivity index (χ2n) is 7.20. The number of hydrogen-bond acceptors (Lipinski definition) is 2.